The number of hydrogen-bond donors (Lipinski definition) is 1. The maximum atomic E-state index is 13.1. The monoisotopic (exact) mass is 354 g/mol. The van der Waals surface area contributed by atoms with Crippen molar-refractivity contribution in [2.75, 3.05) is 25.0 Å². The van der Waals surface area contributed by atoms with Gasteiger partial charge in [0.1, 0.15) is 11.9 Å². The fourth-order valence-electron chi connectivity index (χ4n) is 3.58. The normalized spacial score (nSPS) is 22.5. The lowest BCUT2D eigenvalue weighted by Gasteiger charge is -2.36. The first-order chi connectivity index (χ1) is 12.6. The van der Waals surface area contributed by atoms with Gasteiger partial charge in [-0.2, -0.15) is 0 Å². The molecule has 2 aliphatic rings. The molecule has 0 radical (unpaired) electrons. The molecule has 6 heteroatoms. The number of carbonyl (C=O) groups excluding carboxylic acids is 2. The third kappa shape index (κ3) is 3.20. The highest BCUT2D eigenvalue weighted by atomic mass is 19.1. The van der Waals surface area contributed by atoms with Crippen LogP contribution in [-0.2, 0) is 14.3 Å². The maximum Gasteiger partial charge on any atom is 0.230 e. The average molecular weight is 354 g/mol. The van der Waals surface area contributed by atoms with E-state index in [9.17, 15) is 14.0 Å². The highest BCUT2D eigenvalue weighted by Gasteiger charge is 2.35. The van der Waals surface area contributed by atoms with Gasteiger partial charge < -0.3 is 15.0 Å². The molecule has 0 bridgehead atoms. The number of morpholine rings is 1. The number of nitrogens with zero attached hydrogens (tertiary/aromatic N) is 1. The van der Waals surface area contributed by atoms with Crippen molar-refractivity contribution in [1.29, 1.82) is 0 Å². The summed E-state index contributed by atoms with van der Waals surface area (Å²) in [6.45, 7) is 1.29. The van der Waals surface area contributed by atoms with Gasteiger partial charge in [-0.1, -0.05) is 30.3 Å². The van der Waals surface area contributed by atoms with E-state index in [-0.39, 0.29) is 30.2 Å². The molecule has 1 N–H and O–H groups in total. The van der Waals surface area contributed by atoms with Crippen LogP contribution in [0, 0.1) is 5.82 Å². The summed E-state index contributed by atoms with van der Waals surface area (Å²) in [7, 11) is 0. The number of fused-ring (bicyclic) bond motifs is 1. The van der Waals surface area contributed by atoms with Crippen LogP contribution in [0.2, 0.25) is 0 Å². The van der Waals surface area contributed by atoms with Crippen molar-refractivity contribution in [1.82, 2.24) is 4.90 Å². The predicted octanol–water partition coefficient (Wildman–Crippen LogP) is 2.85. The Morgan fingerprint density at radius 1 is 1.15 bits per heavy atom. The minimum absolute atomic E-state index is 0.0669. The average Bonchev–Trinajstić information content (AvgIpc) is 2.67. The molecule has 2 atom stereocenters. The van der Waals surface area contributed by atoms with E-state index in [0.717, 1.165) is 11.1 Å². The third-order valence-electron chi connectivity index (χ3n) is 4.92. The van der Waals surface area contributed by atoms with Crippen LogP contribution in [-0.4, -0.2) is 36.4 Å². The molecular weight excluding hydrogens is 335 g/mol. The molecule has 4 rings (SSSR count). The van der Waals surface area contributed by atoms with Crippen LogP contribution in [0.3, 0.4) is 0 Å². The van der Waals surface area contributed by atoms with Crippen molar-refractivity contribution in [3.63, 3.8) is 0 Å². The van der Waals surface area contributed by atoms with Gasteiger partial charge in [0.05, 0.1) is 19.1 Å². The van der Waals surface area contributed by atoms with E-state index >= 15 is 0 Å². The molecule has 2 amide bonds. The fraction of sp³-hybridized carbons (Fsp3) is 0.300. The van der Waals surface area contributed by atoms with Gasteiger partial charge in [-0.3, -0.25) is 9.59 Å². The summed E-state index contributed by atoms with van der Waals surface area (Å²) in [5, 5.41) is 2.82. The molecule has 26 heavy (non-hydrogen) atoms. The zero-order valence-corrected chi connectivity index (χ0v) is 14.2. The number of halogens is 1. The van der Waals surface area contributed by atoms with Crippen molar-refractivity contribution in [2.24, 2.45) is 0 Å². The number of benzene rings is 2. The van der Waals surface area contributed by atoms with Crippen molar-refractivity contribution < 1.29 is 18.7 Å². The maximum absolute atomic E-state index is 13.1. The van der Waals surface area contributed by atoms with Gasteiger partial charge >= 0.3 is 0 Å². The van der Waals surface area contributed by atoms with E-state index in [4.69, 9.17) is 4.74 Å². The summed E-state index contributed by atoms with van der Waals surface area (Å²) in [6.07, 6.45) is -0.144. The summed E-state index contributed by atoms with van der Waals surface area (Å²) in [5.41, 5.74) is 2.39. The van der Waals surface area contributed by atoms with Crippen molar-refractivity contribution in [3.05, 3.63) is 65.5 Å². The Kier molecular flexibility index (Phi) is 4.42. The first-order valence-corrected chi connectivity index (χ1v) is 8.66. The molecule has 5 nitrogen and oxygen atoms in total. The molecule has 2 aromatic carbocycles. The second-order valence-corrected chi connectivity index (χ2v) is 6.59. The second kappa shape index (κ2) is 6.88. The smallest absolute Gasteiger partial charge is 0.230 e. The Labute approximate surface area is 150 Å². The minimum atomic E-state index is -0.480. The van der Waals surface area contributed by atoms with Gasteiger partial charge in [0.2, 0.25) is 11.8 Å². The summed E-state index contributed by atoms with van der Waals surface area (Å²) in [5.74, 6) is -0.998. The molecule has 2 aromatic rings. The third-order valence-corrected chi connectivity index (χ3v) is 4.92. The molecule has 0 aromatic heterocycles. The van der Waals surface area contributed by atoms with Gasteiger partial charge in [-0.25, -0.2) is 4.39 Å². The Hall–Kier alpha value is -2.73. The Bertz CT molecular complexity index is 837. The van der Waals surface area contributed by atoms with E-state index in [1.54, 1.807) is 17.0 Å². The summed E-state index contributed by atoms with van der Waals surface area (Å²) < 4.78 is 18.9. The predicted molar refractivity (Wildman–Crippen MR) is 94.1 cm³/mol. The lowest BCUT2D eigenvalue weighted by Crippen LogP contribution is -2.45. The summed E-state index contributed by atoms with van der Waals surface area (Å²) in [6, 6.07) is 13.5. The van der Waals surface area contributed by atoms with E-state index in [0.29, 0.717) is 25.4 Å². The highest BCUT2D eigenvalue weighted by molar-refractivity contribution is 6.01. The highest BCUT2D eigenvalue weighted by Crippen LogP contribution is 2.34. The van der Waals surface area contributed by atoms with E-state index in [1.807, 2.05) is 24.3 Å². The molecule has 0 spiro atoms. The number of para-hydroxylation sites is 1. The van der Waals surface area contributed by atoms with Crippen molar-refractivity contribution in [3.8, 4) is 0 Å². The quantitative estimate of drug-likeness (QED) is 0.902. The van der Waals surface area contributed by atoms with E-state index < -0.39 is 5.92 Å². The second-order valence-electron chi connectivity index (χ2n) is 6.59. The molecule has 0 aliphatic carbocycles. The molecule has 2 heterocycles. The van der Waals surface area contributed by atoms with Gasteiger partial charge in [-0.15, -0.1) is 0 Å². The first-order valence-electron chi connectivity index (χ1n) is 8.66. The van der Waals surface area contributed by atoms with Crippen LogP contribution in [0.5, 0.6) is 0 Å². The van der Waals surface area contributed by atoms with Crippen molar-refractivity contribution in [2.45, 2.75) is 18.4 Å². The largest absolute Gasteiger partial charge is 0.370 e. The van der Waals surface area contributed by atoms with Crippen LogP contribution in [0.25, 0.3) is 0 Å². The Morgan fingerprint density at radius 3 is 2.73 bits per heavy atom. The molecular formula is C20H19FN2O3. The van der Waals surface area contributed by atoms with Crippen LogP contribution in [0.15, 0.2) is 48.5 Å². The number of hydrogen-bond acceptors (Lipinski definition) is 3. The van der Waals surface area contributed by atoms with Crippen molar-refractivity contribution >= 4 is 17.5 Å². The number of amides is 2. The minimum Gasteiger partial charge on any atom is -0.370 e. The van der Waals surface area contributed by atoms with Gasteiger partial charge in [0.15, 0.2) is 0 Å². The molecule has 1 saturated heterocycles. The SMILES string of the molecule is O=C1CC(C(=O)N2CCOC(c3ccc(F)cc3)C2)c2ccccc2N1. The molecule has 2 unspecified atom stereocenters. The summed E-state index contributed by atoms with van der Waals surface area (Å²) >= 11 is 0. The van der Waals surface area contributed by atoms with Crippen LogP contribution >= 0.6 is 0 Å². The molecule has 1 fully saturated rings. The van der Waals surface area contributed by atoms with E-state index in [2.05, 4.69) is 5.32 Å². The standard InChI is InChI=1S/C20H19FN2O3/c21-14-7-5-13(6-8-14)18-12-23(9-10-26-18)20(25)16-11-19(24)22-17-4-2-1-3-15(16)17/h1-8,16,18H,9-12H2,(H,22,24). The number of nitrogens with one attached hydrogen (secondary N) is 1. The van der Waals surface area contributed by atoms with Gasteiger partial charge in [0.25, 0.3) is 0 Å². The zero-order valence-electron chi connectivity index (χ0n) is 14.2. The van der Waals surface area contributed by atoms with Crippen LogP contribution in [0.1, 0.15) is 29.6 Å². The van der Waals surface area contributed by atoms with E-state index in [1.165, 1.54) is 12.1 Å². The van der Waals surface area contributed by atoms with Gasteiger partial charge in [-0.05, 0) is 29.3 Å². The number of carbonyl (C=O) groups is 2. The zero-order chi connectivity index (χ0) is 18.1. The summed E-state index contributed by atoms with van der Waals surface area (Å²) in [4.78, 5) is 26.9. The lowest BCUT2D eigenvalue weighted by molar-refractivity contribution is -0.142. The topological polar surface area (TPSA) is 58.6 Å². The number of rotatable bonds is 2. The molecule has 2 aliphatic heterocycles. The number of anilines is 1. The molecule has 0 saturated carbocycles. The van der Waals surface area contributed by atoms with Crippen LogP contribution in [0.4, 0.5) is 10.1 Å². The Balaban J connectivity index is 1.54. The molecule has 134 valence electrons. The number of ether oxygens (including phenoxy) is 1. The van der Waals surface area contributed by atoms with Gasteiger partial charge in [0, 0.05) is 18.7 Å². The van der Waals surface area contributed by atoms with Crippen LogP contribution < -0.4 is 5.32 Å². The Morgan fingerprint density at radius 2 is 1.92 bits per heavy atom. The first kappa shape index (κ1) is 16.7. The fourth-order valence-corrected chi connectivity index (χ4v) is 3.58. The lowest BCUT2D eigenvalue weighted by atomic mass is 9.89.